The fraction of sp³-hybridized carbons (Fsp3) is 0.441. The summed E-state index contributed by atoms with van der Waals surface area (Å²) >= 11 is 1.90. The highest BCUT2D eigenvalue weighted by Crippen LogP contribution is 2.49. The minimum Gasteiger partial charge on any atom is -0.493 e. The van der Waals surface area contributed by atoms with E-state index in [1.54, 1.807) is 28.4 Å². The summed E-state index contributed by atoms with van der Waals surface area (Å²) in [5, 5.41) is 0. The monoisotopic (exact) mass is 577 g/mol. The van der Waals surface area contributed by atoms with Crippen LogP contribution in [0.15, 0.2) is 59.5 Å². The van der Waals surface area contributed by atoms with Crippen molar-refractivity contribution in [2.24, 2.45) is 0 Å². The summed E-state index contributed by atoms with van der Waals surface area (Å²) in [5.74, 6) is 3.12. The molecule has 1 unspecified atom stereocenters. The van der Waals surface area contributed by atoms with Gasteiger partial charge in [0.1, 0.15) is 0 Å². The van der Waals surface area contributed by atoms with Gasteiger partial charge in [-0.3, -0.25) is 4.79 Å². The zero-order valence-corrected chi connectivity index (χ0v) is 26.1. The van der Waals surface area contributed by atoms with Crippen LogP contribution in [0.4, 0.5) is 0 Å². The summed E-state index contributed by atoms with van der Waals surface area (Å²) in [6.45, 7) is 5.70. The highest BCUT2D eigenvalue weighted by molar-refractivity contribution is 8.00. The van der Waals surface area contributed by atoms with Crippen molar-refractivity contribution in [2.75, 3.05) is 35.0 Å². The molecule has 0 N–H and O–H groups in total. The molecule has 0 saturated carbocycles. The van der Waals surface area contributed by atoms with Gasteiger partial charge in [-0.05, 0) is 85.7 Å². The van der Waals surface area contributed by atoms with Crippen LogP contribution in [-0.2, 0) is 22.5 Å². The fourth-order valence-electron chi connectivity index (χ4n) is 5.60. The van der Waals surface area contributed by atoms with E-state index in [-0.39, 0.29) is 10.7 Å². The van der Waals surface area contributed by atoms with Gasteiger partial charge in [-0.15, -0.1) is 11.8 Å². The average Bonchev–Trinajstić information content (AvgIpc) is 3.01. The van der Waals surface area contributed by atoms with Crippen molar-refractivity contribution >= 4 is 17.7 Å². The van der Waals surface area contributed by atoms with Crippen LogP contribution in [0.5, 0.6) is 23.0 Å². The van der Waals surface area contributed by atoms with Gasteiger partial charge in [-0.25, -0.2) is 0 Å². The van der Waals surface area contributed by atoms with E-state index in [4.69, 9.17) is 18.9 Å². The maximum Gasteiger partial charge on any atom is 0.222 e. The average molecular weight is 578 g/mol. The van der Waals surface area contributed by atoms with Crippen molar-refractivity contribution in [1.29, 1.82) is 0 Å². The van der Waals surface area contributed by atoms with Crippen LogP contribution >= 0.6 is 11.8 Å². The maximum absolute atomic E-state index is 13.3. The van der Waals surface area contributed by atoms with Gasteiger partial charge in [0.2, 0.25) is 5.91 Å². The Morgan fingerprint density at radius 3 is 2.10 bits per heavy atom. The van der Waals surface area contributed by atoms with Crippen LogP contribution < -0.4 is 18.9 Å². The molecule has 0 aliphatic carbocycles. The lowest BCUT2D eigenvalue weighted by Crippen LogP contribution is -2.35. The number of benzene rings is 3. The molecular formula is C34H43NO5S. The van der Waals surface area contributed by atoms with E-state index in [1.165, 1.54) is 21.6 Å². The quantitative estimate of drug-likeness (QED) is 0.154. The van der Waals surface area contributed by atoms with E-state index in [0.29, 0.717) is 18.7 Å². The van der Waals surface area contributed by atoms with Gasteiger partial charge in [-0.2, -0.15) is 0 Å². The highest BCUT2D eigenvalue weighted by atomic mass is 32.2. The second-order valence-electron chi connectivity index (χ2n) is 10.6. The van der Waals surface area contributed by atoms with Crippen LogP contribution in [0.3, 0.4) is 0 Å². The number of thioether (sulfide) groups is 1. The largest absolute Gasteiger partial charge is 0.493 e. The molecule has 3 aromatic rings. The second-order valence-corrected chi connectivity index (χ2v) is 12.0. The third-order valence-corrected chi connectivity index (χ3v) is 9.73. The highest BCUT2D eigenvalue weighted by Gasteiger charge is 2.33. The number of carbonyl (C=O) groups excluding carboxylic acids is 1. The topological polar surface area (TPSA) is 57.2 Å². The molecule has 1 aliphatic heterocycles. The Kier molecular flexibility index (Phi) is 10.5. The first-order valence-electron chi connectivity index (χ1n) is 14.4. The van der Waals surface area contributed by atoms with Gasteiger partial charge in [0.05, 0.1) is 28.4 Å². The summed E-state index contributed by atoms with van der Waals surface area (Å²) < 4.78 is 22.0. The molecule has 1 aliphatic rings. The number of fused-ring (bicyclic) bond motifs is 1. The molecule has 0 fully saturated rings. The van der Waals surface area contributed by atoms with E-state index in [0.717, 1.165) is 61.5 Å². The van der Waals surface area contributed by atoms with Gasteiger partial charge in [0, 0.05) is 29.2 Å². The Bertz CT molecular complexity index is 1330. The first kappa shape index (κ1) is 30.6. The minimum absolute atomic E-state index is 0.155. The summed E-state index contributed by atoms with van der Waals surface area (Å²) in [6.07, 6.45) is 5.06. The molecule has 0 spiro atoms. The molecule has 1 heterocycles. The van der Waals surface area contributed by atoms with Gasteiger partial charge in [-0.1, -0.05) is 37.1 Å². The molecule has 41 heavy (non-hydrogen) atoms. The normalized spacial score (nSPS) is 14.1. The Morgan fingerprint density at radius 1 is 0.829 bits per heavy atom. The Labute approximate surface area is 249 Å². The van der Waals surface area contributed by atoms with Gasteiger partial charge in [0.15, 0.2) is 23.0 Å². The Balaban J connectivity index is 1.45. The molecule has 0 bridgehead atoms. The van der Waals surface area contributed by atoms with E-state index in [1.807, 2.05) is 34.9 Å². The molecular weight excluding hydrogens is 534 g/mol. The number of methoxy groups -OCH3 is 4. The third kappa shape index (κ3) is 7.13. The second kappa shape index (κ2) is 14.0. The van der Waals surface area contributed by atoms with Gasteiger partial charge in [0.25, 0.3) is 0 Å². The zero-order valence-electron chi connectivity index (χ0n) is 25.2. The van der Waals surface area contributed by atoms with E-state index in [9.17, 15) is 4.79 Å². The Morgan fingerprint density at radius 2 is 1.46 bits per heavy atom. The molecule has 6 nitrogen and oxygen atoms in total. The van der Waals surface area contributed by atoms with Crippen molar-refractivity contribution < 1.29 is 23.7 Å². The smallest absolute Gasteiger partial charge is 0.222 e. The Hall–Kier alpha value is -3.32. The molecule has 0 aromatic heterocycles. The van der Waals surface area contributed by atoms with E-state index < -0.39 is 0 Å². The van der Waals surface area contributed by atoms with Crippen LogP contribution in [0.1, 0.15) is 61.3 Å². The number of hydrogen-bond donors (Lipinski definition) is 0. The molecule has 7 heteroatoms. The maximum atomic E-state index is 13.3. The van der Waals surface area contributed by atoms with Crippen LogP contribution in [0, 0.1) is 6.92 Å². The predicted molar refractivity (Wildman–Crippen MR) is 166 cm³/mol. The summed E-state index contributed by atoms with van der Waals surface area (Å²) in [5.41, 5.74) is 4.82. The number of ether oxygens (including phenoxy) is 4. The third-order valence-electron chi connectivity index (χ3n) is 8.11. The lowest BCUT2D eigenvalue weighted by Gasteiger charge is -2.34. The first-order chi connectivity index (χ1) is 19.9. The summed E-state index contributed by atoms with van der Waals surface area (Å²) in [6, 6.07) is 19.1. The standard InChI is InChI=1S/C34H43NO5S/c1-7-34(41-28-14-11-24(2)12-15-28,27-13-16-29(37-3)32(22-27)40-6)18-9-8-10-33(36)35-19-17-25-20-30(38-4)31(39-5)21-26(25)23-35/h11-16,20-22H,7-10,17-19,23H2,1-6H3. The SMILES string of the molecule is CCC(CCCCC(=O)N1CCc2cc(OC)c(OC)cc2C1)(Sc1ccc(C)cc1)c1ccc(OC)c(OC)c1. The number of rotatable bonds is 13. The van der Waals surface area contributed by atoms with Crippen molar-refractivity contribution in [2.45, 2.75) is 68.6 Å². The zero-order chi connectivity index (χ0) is 29.4. The molecule has 220 valence electrons. The van der Waals surface area contributed by atoms with E-state index >= 15 is 0 Å². The van der Waals surface area contributed by atoms with Gasteiger partial charge < -0.3 is 23.8 Å². The van der Waals surface area contributed by atoms with Crippen LogP contribution in [-0.4, -0.2) is 45.8 Å². The number of aryl methyl sites for hydroxylation is 1. The molecule has 4 rings (SSSR count). The number of hydrogen-bond acceptors (Lipinski definition) is 6. The van der Waals surface area contributed by atoms with Gasteiger partial charge >= 0.3 is 0 Å². The lowest BCUT2D eigenvalue weighted by molar-refractivity contribution is -0.132. The lowest BCUT2D eigenvalue weighted by atomic mass is 9.89. The number of amides is 1. The fourth-order valence-corrected chi connectivity index (χ4v) is 6.96. The number of carbonyl (C=O) groups is 1. The number of unbranched alkanes of at least 4 members (excludes halogenated alkanes) is 1. The van der Waals surface area contributed by atoms with Crippen molar-refractivity contribution in [3.8, 4) is 23.0 Å². The minimum atomic E-state index is -0.155. The molecule has 1 amide bonds. The molecule has 3 aromatic carbocycles. The van der Waals surface area contributed by atoms with Crippen LogP contribution in [0.25, 0.3) is 0 Å². The number of nitrogens with zero attached hydrogens (tertiary/aromatic N) is 1. The van der Waals surface area contributed by atoms with Crippen molar-refractivity contribution in [1.82, 2.24) is 4.90 Å². The predicted octanol–water partition coefficient (Wildman–Crippen LogP) is 7.57. The molecule has 1 atom stereocenters. The van der Waals surface area contributed by atoms with Crippen LogP contribution in [0.2, 0.25) is 0 Å². The van der Waals surface area contributed by atoms with Crippen molar-refractivity contribution in [3.63, 3.8) is 0 Å². The van der Waals surface area contributed by atoms with E-state index in [2.05, 4.69) is 50.2 Å². The van der Waals surface area contributed by atoms with Crippen molar-refractivity contribution in [3.05, 3.63) is 76.9 Å². The summed E-state index contributed by atoms with van der Waals surface area (Å²) in [7, 11) is 6.64. The molecule has 0 saturated heterocycles. The first-order valence-corrected chi connectivity index (χ1v) is 15.2. The summed E-state index contributed by atoms with van der Waals surface area (Å²) in [4.78, 5) is 16.5. The molecule has 0 radical (unpaired) electrons.